The summed E-state index contributed by atoms with van der Waals surface area (Å²) in [5.41, 5.74) is 23.0. The summed E-state index contributed by atoms with van der Waals surface area (Å²) in [6.45, 7) is 0. The SMILES string of the molecule is NC(N)CCC(=O)NC(N)(N)c1ccccc1. The number of amides is 1. The first-order chi connectivity index (χ1) is 7.92. The van der Waals surface area contributed by atoms with Gasteiger partial charge in [0.05, 0.1) is 6.17 Å². The van der Waals surface area contributed by atoms with Gasteiger partial charge in [0.25, 0.3) is 0 Å². The monoisotopic (exact) mass is 237 g/mol. The van der Waals surface area contributed by atoms with Crippen molar-refractivity contribution in [2.24, 2.45) is 22.9 Å². The van der Waals surface area contributed by atoms with Crippen molar-refractivity contribution in [1.82, 2.24) is 5.32 Å². The Morgan fingerprint density at radius 3 is 2.35 bits per heavy atom. The highest BCUT2D eigenvalue weighted by atomic mass is 16.2. The molecule has 0 spiro atoms. The molecular weight excluding hydrogens is 218 g/mol. The van der Waals surface area contributed by atoms with E-state index in [0.717, 1.165) is 0 Å². The summed E-state index contributed by atoms with van der Waals surface area (Å²) in [6.07, 6.45) is 0.0691. The summed E-state index contributed by atoms with van der Waals surface area (Å²) < 4.78 is 0. The predicted molar refractivity (Wildman–Crippen MR) is 66.0 cm³/mol. The molecule has 0 aliphatic carbocycles. The molecule has 17 heavy (non-hydrogen) atoms. The van der Waals surface area contributed by atoms with Gasteiger partial charge in [-0.15, -0.1) is 0 Å². The fourth-order valence-corrected chi connectivity index (χ4v) is 1.38. The molecule has 0 bridgehead atoms. The highest BCUT2D eigenvalue weighted by molar-refractivity contribution is 5.76. The highest BCUT2D eigenvalue weighted by Gasteiger charge is 2.23. The number of hydrogen-bond donors (Lipinski definition) is 5. The van der Waals surface area contributed by atoms with Crippen LogP contribution in [0.25, 0.3) is 0 Å². The van der Waals surface area contributed by atoms with E-state index >= 15 is 0 Å². The number of nitrogens with two attached hydrogens (primary N) is 4. The Morgan fingerprint density at radius 2 is 1.82 bits per heavy atom. The summed E-state index contributed by atoms with van der Waals surface area (Å²) >= 11 is 0. The summed E-state index contributed by atoms with van der Waals surface area (Å²) in [7, 11) is 0. The van der Waals surface area contributed by atoms with Crippen molar-refractivity contribution in [1.29, 1.82) is 0 Å². The van der Waals surface area contributed by atoms with Gasteiger partial charge in [0, 0.05) is 12.0 Å². The van der Waals surface area contributed by atoms with Gasteiger partial charge < -0.3 is 16.8 Å². The zero-order valence-electron chi connectivity index (χ0n) is 9.60. The molecule has 0 aromatic heterocycles. The quantitative estimate of drug-likeness (QED) is 0.412. The van der Waals surface area contributed by atoms with Gasteiger partial charge in [-0.1, -0.05) is 30.3 Å². The highest BCUT2D eigenvalue weighted by Crippen LogP contribution is 2.09. The summed E-state index contributed by atoms with van der Waals surface area (Å²) in [4.78, 5) is 11.6. The average molecular weight is 237 g/mol. The first-order valence-electron chi connectivity index (χ1n) is 5.37. The van der Waals surface area contributed by atoms with E-state index in [2.05, 4.69) is 5.32 Å². The lowest BCUT2D eigenvalue weighted by Gasteiger charge is -2.26. The van der Waals surface area contributed by atoms with Crippen LogP contribution in [0.4, 0.5) is 0 Å². The fraction of sp³-hybridized carbons (Fsp3) is 0.364. The first-order valence-corrected chi connectivity index (χ1v) is 5.37. The van der Waals surface area contributed by atoms with Crippen LogP contribution in [0.2, 0.25) is 0 Å². The Bertz CT molecular complexity index is 363. The molecule has 0 radical (unpaired) electrons. The number of benzene rings is 1. The topological polar surface area (TPSA) is 133 Å². The van der Waals surface area contributed by atoms with Crippen LogP contribution in [0.5, 0.6) is 0 Å². The number of carbonyl (C=O) groups is 1. The Morgan fingerprint density at radius 1 is 1.24 bits per heavy atom. The third-order valence-corrected chi connectivity index (χ3v) is 2.30. The fourth-order valence-electron chi connectivity index (χ4n) is 1.38. The van der Waals surface area contributed by atoms with E-state index in [1.165, 1.54) is 0 Å². The van der Waals surface area contributed by atoms with Crippen molar-refractivity contribution in [3.63, 3.8) is 0 Å². The molecule has 6 heteroatoms. The maximum atomic E-state index is 11.6. The van der Waals surface area contributed by atoms with Gasteiger partial charge in [-0.25, -0.2) is 0 Å². The lowest BCUT2D eigenvalue weighted by molar-refractivity contribution is -0.123. The largest absolute Gasteiger partial charge is 0.322 e. The van der Waals surface area contributed by atoms with E-state index in [-0.39, 0.29) is 12.3 Å². The Kier molecular flexibility index (Phi) is 4.59. The van der Waals surface area contributed by atoms with Gasteiger partial charge in [0.15, 0.2) is 5.79 Å². The Balaban J connectivity index is 2.58. The molecule has 0 aliphatic heterocycles. The van der Waals surface area contributed by atoms with E-state index in [0.29, 0.717) is 12.0 Å². The number of carbonyl (C=O) groups excluding carboxylic acids is 1. The molecule has 0 saturated heterocycles. The van der Waals surface area contributed by atoms with Crippen LogP contribution >= 0.6 is 0 Å². The minimum Gasteiger partial charge on any atom is -0.322 e. The summed E-state index contributed by atoms with van der Waals surface area (Å²) in [5.74, 6) is -1.66. The third-order valence-electron chi connectivity index (χ3n) is 2.30. The molecule has 0 saturated carbocycles. The van der Waals surface area contributed by atoms with Crippen molar-refractivity contribution in [3.8, 4) is 0 Å². The Hall–Kier alpha value is -1.47. The minimum absolute atomic E-state index is 0.195. The maximum Gasteiger partial charge on any atom is 0.222 e. The van der Waals surface area contributed by atoms with Crippen molar-refractivity contribution in [2.75, 3.05) is 0 Å². The number of hydrogen-bond acceptors (Lipinski definition) is 5. The van der Waals surface area contributed by atoms with Crippen LogP contribution in [0.15, 0.2) is 30.3 Å². The molecule has 0 atom stereocenters. The lowest BCUT2D eigenvalue weighted by atomic mass is 10.1. The smallest absolute Gasteiger partial charge is 0.222 e. The molecule has 6 nitrogen and oxygen atoms in total. The standard InChI is InChI=1S/C11H19N5O/c12-9(13)6-7-10(17)16-11(14,15)8-4-2-1-3-5-8/h1-5,9H,6-7,12-15H2,(H,16,17). The van der Waals surface area contributed by atoms with Crippen LogP contribution in [-0.2, 0) is 10.6 Å². The molecule has 0 aliphatic rings. The first kappa shape index (κ1) is 13.6. The molecule has 9 N–H and O–H groups in total. The van der Waals surface area contributed by atoms with E-state index in [1.807, 2.05) is 6.07 Å². The van der Waals surface area contributed by atoms with Crippen LogP contribution in [0, 0.1) is 0 Å². The lowest BCUT2D eigenvalue weighted by Crippen LogP contribution is -2.60. The molecule has 1 aromatic carbocycles. The zero-order valence-corrected chi connectivity index (χ0v) is 9.60. The molecule has 1 amide bonds. The Labute approximate surface area is 100 Å². The van der Waals surface area contributed by atoms with Gasteiger partial charge in [-0.2, -0.15) is 0 Å². The second kappa shape index (κ2) is 5.74. The molecule has 94 valence electrons. The van der Waals surface area contributed by atoms with E-state index in [9.17, 15) is 4.79 Å². The van der Waals surface area contributed by atoms with Gasteiger partial charge in [0.2, 0.25) is 5.91 Å². The van der Waals surface area contributed by atoms with E-state index in [4.69, 9.17) is 22.9 Å². The van der Waals surface area contributed by atoms with Crippen molar-refractivity contribution in [3.05, 3.63) is 35.9 Å². The normalized spacial score (nSPS) is 11.6. The van der Waals surface area contributed by atoms with Gasteiger partial charge in [-0.05, 0) is 6.42 Å². The van der Waals surface area contributed by atoms with Crippen LogP contribution in [-0.4, -0.2) is 12.1 Å². The van der Waals surface area contributed by atoms with Crippen LogP contribution in [0.3, 0.4) is 0 Å². The molecule has 0 heterocycles. The van der Waals surface area contributed by atoms with E-state index in [1.54, 1.807) is 24.3 Å². The predicted octanol–water partition coefficient (Wildman–Crippen LogP) is -1.15. The second-order valence-electron chi connectivity index (χ2n) is 3.99. The summed E-state index contributed by atoms with van der Waals surface area (Å²) in [5, 5.41) is 2.53. The van der Waals surface area contributed by atoms with Crippen LogP contribution in [0.1, 0.15) is 18.4 Å². The number of rotatable bonds is 5. The van der Waals surface area contributed by atoms with Crippen LogP contribution < -0.4 is 28.3 Å². The molecular formula is C11H19N5O. The maximum absolute atomic E-state index is 11.6. The third kappa shape index (κ3) is 4.49. The number of nitrogens with one attached hydrogen (secondary N) is 1. The van der Waals surface area contributed by atoms with Crippen molar-refractivity contribution < 1.29 is 4.79 Å². The van der Waals surface area contributed by atoms with Gasteiger partial charge in [0.1, 0.15) is 0 Å². The molecule has 1 aromatic rings. The van der Waals surface area contributed by atoms with E-state index < -0.39 is 12.0 Å². The average Bonchev–Trinajstić information content (AvgIpc) is 2.27. The molecule has 0 unspecified atom stereocenters. The zero-order chi connectivity index (χ0) is 12.9. The molecule has 1 rings (SSSR count). The van der Waals surface area contributed by atoms with Gasteiger partial charge in [-0.3, -0.25) is 16.3 Å². The van der Waals surface area contributed by atoms with Gasteiger partial charge >= 0.3 is 0 Å². The molecule has 0 fully saturated rings. The van der Waals surface area contributed by atoms with Crippen molar-refractivity contribution >= 4 is 5.91 Å². The van der Waals surface area contributed by atoms with Crippen molar-refractivity contribution in [2.45, 2.75) is 24.8 Å². The summed E-state index contributed by atoms with van der Waals surface area (Å²) in [6, 6.07) is 8.93. The second-order valence-corrected chi connectivity index (χ2v) is 3.99. The minimum atomic E-state index is -1.38.